The third-order valence-electron chi connectivity index (χ3n) is 4.96. The maximum Gasteiger partial charge on any atom is 0.356 e. The number of carbonyl (C=O) groups excluding carboxylic acids is 3. The lowest BCUT2D eigenvalue weighted by molar-refractivity contribution is 0.0593. The molecule has 0 saturated heterocycles. The number of nitrogens with zero attached hydrogens (tertiary/aromatic N) is 1. The molecule has 0 unspecified atom stereocenters. The molecule has 0 atom stereocenters. The van der Waals surface area contributed by atoms with Crippen molar-refractivity contribution in [2.45, 2.75) is 11.3 Å². The van der Waals surface area contributed by atoms with Crippen LogP contribution < -0.4 is 14.8 Å². The van der Waals surface area contributed by atoms with Crippen molar-refractivity contribution in [1.82, 2.24) is 15.0 Å². The van der Waals surface area contributed by atoms with E-state index < -0.39 is 27.8 Å². The highest BCUT2D eigenvalue weighted by Crippen LogP contribution is 2.22. The number of sulfonamides is 1. The summed E-state index contributed by atoms with van der Waals surface area (Å²) in [6.45, 7) is 0.211. The van der Waals surface area contributed by atoms with E-state index >= 15 is 0 Å². The normalized spacial score (nSPS) is 10.9. The molecule has 1 aromatic heterocycles. The quantitative estimate of drug-likeness (QED) is 0.401. The Balaban J connectivity index is 1.64. The van der Waals surface area contributed by atoms with E-state index in [0.717, 1.165) is 6.20 Å². The predicted molar refractivity (Wildman–Crippen MR) is 131 cm³/mol. The lowest BCUT2D eigenvalue weighted by atomic mass is 10.1. The second-order valence-corrected chi connectivity index (χ2v) is 9.48. The van der Waals surface area contributed by atoms with E-state index in [2.05, 4.69) is 15.0 Å². The average molecular weight is 532 g/mol. The van der Waals surface area contributed by atoms with Crippen LogP contribution in [0.1, 0.15) is 36.8 Å². The number of carbonyl (C=O) groups is 3. The molecular formula is C24H22ClN3O7S. The minimum Gasteiger partial charge on any atom is -0.496 e. The summed E-state index contributed by atoms with van der Waals surface area (Å²) in [4.78, 5) is 40.0. The second kappa shape index (κ2) is 11.6. The molecule has 10 nitrogen and oxygen atoms in total. The van der Waals surface area contributed by atoms with Gasteiger partial charge in [-0.15, -0.1) is 0 Å². The van der Waals surface area contributed by atoms with Crippen LogP contribution in [-0.4, -0.2) is 51.9 Å². The van der Waals surface area contributed by atoms with Gasteiger partial charge in [-0.1, -0.05) is 23.7 Å². The zero-order valence-electron chi connectivity index (χ0n) is 19.3. The first kappa shape index (κ1) is 26.6. The van der Waals surface area contributed by atoms with Gasteiger partial charge in [0.05, 0.1) is 30.2 Å². The standard InChI is InChI=1S/C24H22ClN3O7S/c1-34-21-9-7-17(25)13-19(21)23(30)26-11-10-15-4-3-5-18(12-15)36(32,33)28-22(29)16-6-8-20(27-14-16)24(31)35-2/h3-9,12-14H,10-11H2,1-2H3,(H,26,30)(H,28,29). The minimum atomic E-state index is -4.20. The van der Waals surface area contributed by atoms with Gasteiger partial charge in [0.15, 0.2) is 0 Å². The van der Waals surface area contributed by atoms with E-state index in [1.54, 1.807) is 18.2 Å². The molecule has 0 aliphatic rings. The highest BCUT2D eigenvalue weighted by molar-refractivity contribution is 7.90. The van der Waals surface area contributed by atoms with Gasteiger partial charge in [-0.05, 0) is 54.4 Å². The molecule has 0 radical (unpaired) electrons. The number of rotatable bonds is 9. The summed E-state index contributed by atoms with van der Waals surface area (Å²) in [5.74, 6) is -1.62. The highest BCUT2D eigenvalue weighted by atomic mass is 35.5. The number of nitrogens with one attached hydrogen (secondary N) is 2. The van der Waals surface area contributed by atoms with Crippen molar-refractivity contribution in [3.63, 3.8) is 0 Å². The van der Waals surface area contributed by atoms with Crippen LogP contribution in [0.2, 0.25) is 5.02 Å². The third kappa shape index (κ3) is 6.58. The molecule has 3 rings (SSSR count). The number of hydrogen-bond acceptors (Lipinski definition) is 8. The smallest absolute Gasteiger partial charge is 0.356 e. The lowest BCUT2D eigenvalue weighted by Gasteiger charge is -2.11. The van der Waals surface area contributed by atoms with Gasteiger partial charge in [0.1, 0.15) is 11.4 Å². The van der Waals surface area contributed by atoms with Gasteiger partial charge in [0.25, 0.3) is 21.8 Å². The molecule has 0 spiro atoms. The Morgan fingerprint density at radius 2 is 1.78 bits per heavy atom. The molecule has 0 aliphatic heterocycles. The van der Waals surface area contributed by atoms with Crippen LogP contribution in [0.4, 0.5) is 0 Å². The predicted octanol–water partition coefficient (Wildman–Crippen LogP) is 2.62. The highest BCUT2D eigenvalue weighted by Gasteiger charge is 2.20. The third-order valence-corrected chi connectivity index (χ3v) is 6.53. The summed E-state index contributed by atoms with van der Waals surface area (Å²) in [5.41, 5.74) is 0.818. The van der Waals surface area contributed by atoms with Gasteiger partial charge < -0.3 is 14.8 Å². The Bertz CT molecular complexity index is 1390. The van der Waals surface area contributed by atoms with Crippen LogP contribution in [0, 0.1) is 0 Å². The zero-order valence-corrected chi connectivity index (χ0v) is 20.9. The van der Waals surface area contributed by atoms with Crippen molar-refractivity contribution in [2.75, 3.05) is 20.8 Å². The zero-order chi connectivity index (χ0) is 26.3. The molecule has 188 valence electrons. The van der Waals surface area contributed by atoms with Crippen molar-refractivity contribution in [2.24, 2.45) is 0 Å². The summed E-state index contributed by atoms with van der Waals surface area (Å²) in [6, 6.07) is 13.2. The average Bonchev–Trinajstić information content (AvgIpc) is 2.88. The van der Waals surface area contributed by atoms with E-state index in [0.29, 0.717) is 22.8 Å². The van der Waals surface area contributed by atoms with Gasteiger partial charge in [0.2, 0.25) is 0 Å². The second-order valence-electron chi connectivity index (χ2n) is 7.36. The van der Waals surface area contributed by atoms with Crippen LogP contribution in [-0.2, 0) is 21.2 Å². The molecule has 3 aromatic rings. The molecule has 1 heterocycles. The van der Waals surface area contributed by atoms with Gasteiger partial charge >= 0.3 is 5.97 Å². The number of esters is 1. The van der Waals surface area contributed by atoms with Crippen molar-refractivity contribution in [3.05, 3.63) is 88.2 Å². The largest absolute Gasteiger partial charge is 0.496 e. The minimum absolute atomic E-state index is 0.0227. The van der Waals surface area contributed by atoms with Gasteiger partial charge in [-0.2, -0.15) is 0 Å². The molecule has 2 N–H and O–H groups in total. The van der Waals surface area contributed by atoms with Crippen molar-refractivity contribution >= 4 is 39.4 Å². The van der Waals surface area contributed by atoms with E-state index in [9.17, 15) is 22.8 Å². The lowest BCUT2D eigenvalue weighted by Crippen LogP contribution is -2.31. The summed E-state index contributed by atoms with van der Waals surface area (Å²) in [6.07, 6.45) is 1.40. The molecule has 0 fully saturated rings. The van der Waals surface area contributed by atoms with Crippen molar-refractivity contribution in [3.8, 4) is 5.75 Å². The molecule has 0 saturated carbocycles. The number of pyridine rings is 1. The van der Waals surface area contributed by atoms with E-state index in [-0.39, 0.29) is 28.3 Å². The van der Waals surface area contributed by atoms with E-state index in [1.807, 2.05) is 4.72 Å². The summed E-state index contributed by atoms with van der Waals surface area (Å²) < 4.78 is 37.2. The first-order valence-electron chi connectivity index (χ1n) is 10.5. The number of methoxy groups -OCH3 is 2. The molecule has 2 amide bonds. The first-order valence-corrected chi connectivity index (χ1v) is 12.3. The Kier molecular flexibility index (Phi) is 8.62. The summed E-state index contributed by atoms with van der Waals surface area (Å²) in [5, 5.41) is 3.13. The molecule has 36 heavy (non-hydrogen) atoms. The van der Waals surface area contributed by atoms with Gasteiger partial charge in [-0.25, -0.2) is 22.9 Å². The number of amides is 2. The molecule has 12 heteroatoms. The fourth-order valence-corrected chi connectivity index (χ4v) is 4.35. The van der Waals surface area contributed by atoms with E-state index in [4.69, 9.17) is 16.3 Å². The molecule has 0 bridgehead atoms. The van der Waals surface area contributed by atoms with Crippen LogP contribution in [0.3, 0.4) is 0 Å². The number of benzene rings is 2. The molecule has 0 aliphatic carbocycles. The topological polar surface area (TPSA) is 141 Å². The Labute approximate surface area is 212 Å². The Morgan fingerprint density at radius 3 is 2.44 bits per heavy atom. The monoisotopic (exact) mass is 531 g/mol. The van der Waals surface area contributed by atoms with E-state index in [1.165, 1.54) is 50.6 Å². The van der Waals surface area contributed by atoms with Crippen LogP contribution in [0.15, 0.2) is 65.7 Å². The first-order chi connectivity index (χ1) is 17.1. The van der Waals surface area contributed by atoms with Gasteiger partial charge in [0, 0.05) is 17.8 Å². The summed E-state index contributed by atoms with van der Waals surface area (Å²) in [7, 11) is -1.56. The molecular weight excluding hydrogens is 510 g/mol. The van der Waals surface area contributed by atoms with Crippen LogP contribution in [0.25, 0.3) is 0 Å². The molecule has 2 aromatic carbocycles. The van der Waals surface area contributed by atoms with Crippen molar-refractivity contribution < 1.29 is 32.3 Å². The number of hydrogen-bond donors (Lipinski definition) is 2. The Hall–Kier alpha value is -3.96. The maximum atomic E-state index is 12.7. The van der Waals surface area contributed by atoms with Crippen LogP contribution in [0.5, 0.6) is 5.75 Å². The van der Waals surface area contributed by atoms with Gasteiger partial charge in [-0.3, -0.25) is 9.59 Å². The number of halogens is 1. The Morgan fingerprint density at radius 1 is 1.00 bits per heavy atom. The SMILES string of the molecule is COC(=O)c1ccc(C(=O)NS(=O)(=O)c2cccc(CCNC(=O)c3cc(Cl)ccc3OC)c2)cn1. The maximum absolute atomic E-state index is 12.7. The van der Waals surface area contributed by atoms with Crippen LogP contribution >= 0.6 is 11.6 Å². The van der Waals surface area contributed by atoms with Crippen molar-refractivity contribution in [1.29, 1.82) is 0 Å². The number of aromatic nitrogens is 1. The fraction of sp³-hybridized carbons (Fsp3) is 0.167. The number of ether oxygens (including phenoxy) is 2. The summed E-state index contributed by atoms with van der Waals surface area (Å²) >= 11 is 5.96. The fourth-order valence-electron chi connectivity index (χ4n) is 3.13.